The van der Waals surface area contributed by atoms with Gasteiger partial charge >= 0.3 is 5.97 Å². The van der Waals surface area contributed by atoms with Crippen LogP contribution >= 0.6 is 0 Å². The highest BCUT2D eigenvalue weighted by molar-refractivity contribution is 5.94. The lowest BCUT2D eigenvalue weighted by molar-refractivity contribution is -0.172. The molecule has 9 nitrogen and oxygen atoms in total. The highest BCUT2D eigenvalue weighted by Gasteiger charge is 2.34. The number of benzene rings is 1. The molecule has 1 aliphatic carbocycles. The molecule has 0 spiro atoms. The van der Waals surface area contributed by atoms with Crippen LogP contribution in [0.15, 0.2) is 36.4 Å². The molecule has 0 saturated carbocycles. The van der Waals surface area contributed by atoms with Gasteiger partial charge in [-0.25, -0.2) is 4.79 Å². The summed E-state index contributed by atoms with van der Waals surface area (Å²) in [5, 5.41) is 0. The highest BCUT2D eigenvalue weighted by Crippen LogP contribution is 2.24. The van der Waals surface area contributed by atoms with Gasteiger partial charge in [0.25, 0.3) is 0 Å². The first-order chi connectivity index (χ1) is 14.6. The van der Waals surface area contributed by atoms with Crippen LogP contribution < -0.4 is 4.74 Å². The Morgan fingerprint density at radius 2 is 1.70 bits per heavy atom. The van der Waals surface area contributed by atoms with Gasteiger partial charge in [0.15, 0.2) is 12.6 Å². The van der Waals surface area contributed by atoms with E-state index in [1.807, 2.05) is 0 Å². The summed E-state index contributed by atoms with van der Waals surface area (Å²) >= 11 is 0. The van der Waals surface area contributed by atoms with Crippen molar-refractivity contribution in [2.75, 3.05) is 41.7 Å². The van der Waals surface area contributed by atoms with Crippen LogP contribution in [0.5, 0.6) is 5.75 Å². The summed E-state index contributed by atoms with van der Waals surface area (Å²) in [5.41, 5.74) is 0.276. The van der Waals surface area contributed by atoms with E-state index in [4.69, 9.17) is 33.2 Å². The number of rotatable bonds is 11. The van der Waals surface area contributed by atoms with Crippen LogP contribution in [0.3, 0.4) is 0 Å². The minimum absolute atomic E-state index is 0.00399. The van der Waals surface area contributed by atoms with Gasteiger partial charge in [0.05, 0.1) is 6.10 Å². The van der Waals surface area contributed by atoms with Crippen LogP contribution in [0.2, 0.25) is 0 Å². The third-order valence-electron chi connectivity index (χ3n) is 4.27. The summed E-state index contributed by atoms with van der Waals surface area (Å²) in [4.78, 5) is 25.2. The maximum absolute atomic E-state index is 12.8. The molecule has 1 aliphatic rings. The Hall–Kier alpha value is -2.30. The Morgan fingerprint density at radius 3 is 2.43 bits per heavy atom. The van der Waals surface area contributed by atoms with Gasteiger partial charge in [-0.3, -0.25) is 4.79 Å². The number of carbonyl (C=O) groups is 2. The number of esters is 1. The first kappa shape index (κ1) is 24.0. The molecule has 0 fully saturated rings. The fraction of sp³-hybridized carbons (Fsp3) is 0.524. The van der Waals surface area contributed by atoms with Gasteiger partial charge < -0.3 is 33.2 Å². The third kappa shape index (κ3) is 7.19. The number of ketones is 1. The molecule has 3 unspecified atom stereocenters. The summed E-state index contributed by atoms with van der Waals surface area (Å²) in [6.45, 7) is -0.112. The first-order valence-corrected chi connectivity index (χ1v) is 9.43. The molecule has 0 aliphatic heterocycles. The fourth-order valence-electron chi connectivity index (χ4n) is 2.93. The Labute approximate surface area is 175 Å². The van der Waals surface area contributed by atoms with E-state index < -0.39 is 24.3 Å². The van der Waals surface area contributed by atoms with Gasteiger partial charge in [0.1, 0.15) is 37.1 Å². The Morgan fingerprint density at radius 1 is 1.00 bits per heavy atom. The molecule has 0 heterocycles. The fourth-order valence-corrected chi connectivity index (χ4v) is 2.93. The van der Waals surface area contributed by atoms with Gasteiger partial charge in [-0.2, -0.15) is 0 Å². The molecule has 166 valence electrons. The van der Waals surface area contributed by atoms with Gasteiger partial charge in [-0.1, -0.05) is 18.2 Å². The number of ether oxygens (including phenoxy) is 7. The number of methoxy groups -OCH3 is 3. The predicted octanol–water partition coefficient (Wildman–Crippen LogP) is 2.09. The topological polar surface area (TPSA) is 98.8 Å². The maximum Gasteiger partial charge on any atom is 0.342 e. The molecule has 1 aromatic carbocycles. The Bertz CT molecular complexity index is 703. The normalized spacial score (nSPS) is 21.7. The molecule has 9 heteroatoms. The molecule has 0 N–H and O–H groups in total. The van der Waals surface area contributed by atoms with Crippen LogP contribution in [0.25, 0.3) is 0 Å². The summed E-state index contributed by atoms with van der Waals surface area (Å²) in [7, 11) is 4.43. The van der Waals surface area contributed by atoms with Crippen molar-refractivity contribution in [3.05, 3.63) is 42.0 Å². The van der Waals surface area contributed by atoms with Crippen molar-refractivity contribution in [1.82, 2.24) is 0 Å². The second-order valence-corrected chi connectivity index (χ2v) is 6.46. The van der Waals surface area contributed by atoms with E-state index >= 15 is 0 Å². The summed E-state index contributed by atoms with van der Waals surface area (Å²) in [6.07, 6.45) is 1.50. The largest absolute Gasteiger partial charge is 0.467 e. The average molecular weight is 424 g/mol. The van der Waals surface area contributed by atoms with Crippen LogP contribution in [0.1, 0.15) is 23.2 Å². The lowest BCUT2D eigenvalue weighted by Crippen LogP contribution is -2.42. The van der Waals surface area contributed by atoms with Crippen molar-refractivity contribution < 1.29 is 42.7 Å². The second-order valence-electron chi connectivity index (χ2n) is 6.46. The molecular formula is C21H28O9. The van der Waals surface area contributed by atoms with Gasteiger partial charge in [0.2, 0.25) is 0 Å². The van der Waals surface area contributed by atoms with Crippen molar-refractivity contribution in [3.63, 3.8) is 0 Å². The van der Waals surface area contributed by atoms with E-state index in [1.54, 1.807) is 30.3 Å². The van der Waals surface area contributed by atoms with E-state index in [2.05, 4.69) is 0 Å². The Balaban J connectivity index is 2.15. The maximum atomic E-state index is 12.8. The zero-order valence-electron chi connectivity index (χ0n) is 17.4. The smallest absolute Gasteiger partial charge is 0.342 e. The lowest BCUT2D eigenvalue weighted by atomic mass is 9.97. The number of hydrogen-bond acceptors (Lipinski definition) is 9. The first-order valence-electron chi connectivity index (χ1n) is 9.43. The number of carbonyl (C=O) groups excluding carboxylic acids is 2. The zero-order chi connectivity index (χ0) is 21.8. The van der Waals surface area contributed by atoms with E-state index in [1.165, 1.54) is 27.4 Å². The van der Waals surface area contributed by atoms with Gasteiger partial charge in [-0.05, 0) is 18.2 Å². The summed E-state index contributed by atoms with van der Waals surface area (Å²) in [5.74, 6) is -0.447. The van der Waals surface area contributed by atoms with Crippen LogP contribution in [0.4, 0.5) is 0 Å². The minimum Gasteiger partial charge on any atom is -0.467 e. The molecule has 3 atom stereocenters. The lowest BCUT2D eigenvalue weighted by Gasteiger charge is -2.29. The van der Waals surface area contributed by atoms with Gasteiger partial charge in [-0.15, -0.1) is 0 Å². The van der Waals surface area contributed by atoms with Crippen LogP contribution in [0, 0.1) is 0 Å². The average Bonchev–Trinajstić information content (AvgIpc) is 2.74. The molecule has 0 aromatic heterocycles. The molecule has 0 radical (unpaired) electrons. The molecule has 0 bridgehead atoms. The van der Waals surface area contributed by atoms with E-state index in [0.717, 1.165) is 0 Å². The molecule has 0 amide bonds. The molecule has 0 saturated heterocycles. The monoisotopic (exact) mass is 424 g/mol. The molecule has 2 rings (SSSR count). The quantitative estimate of drug-likeness (QED) is 0.390. The van der Waals surface area contributed by atoms with E-state index in [-0.39, 0.29) is 38.1 Å². The molecule has 30 heavy (non-hydrogen) atoms. The van der Waals surface area contributed by atoms with Crippen LogP contribution in [-0.4, -0.2) is 71.8 Å². The Kier molecular flexibility index (Phi) is 10.5. The van der Waals surface area contributed by atoms with E-state index in [0.29, 0.717) is 12.2 Å². The van der Waals surface area contributed by atoms with Crippen molar-refractivity contribution in [2.45, 2.75) is 31.2 Å². The van der Waals surface area contributed by atoms with E-state index in [9.17, 15) is 9.59 Å². The standard InChI is InChI=1S/C21H28O9/c1-24-12-27-18-10-5-4-8-16(18)21(23)30-15-7-6-9-17(22)20(29-14-26-3)19(11-15)28-13-25-2/h4-6,8-10,15,19-20H,7,11-14H2,1-3H3. The van der Waals surface area contributed by atoms with Crippen molar-refractivity contribution >= 4 is 11.8 Å². The molecular weight excluding hydrogens is 396 g/mol. The second kappa shape index (κ2) is 13.1. The molecule has 1 aromatic rings. The number of para-hydroxylation sites is 1. The van der Waals surface area contributed by atoms with Crippen molar-refractivity contribution in [1.29, 1.82) is 0 Å². The highest BCUT2D eigenvalue weighted by atomic mass is 16.7. The SMILES string of the molecule is COCOc1ccccc1C(=O)OC1CC=CC(=O)C(OCOC)C(OCOC)C1. The van der Waals surface area contributed by atoms with Crippen LogP contribution in [-0.2, 0) is 33.2 Å². The summed E-state index contributed by atoms with van der Waals surface area (Å²) in [6, 6.07) is 6.73. The number of hydrogen-bond donors (Lipinski definition) is 0. The minimum atomic E-state index is -0.907. The zero-order valence-corrected chi connectivity index (χ0v) is 17.4. The van der Waals surface area contributed by atoms with Crippen molar-refractivity contribution in [2.24, 2.45) is 0 Å². The summed E-state index contributed by atoms with van der Waals surface area (Å²) < 4.78 is 37.1. The predicted molar refractivity (Wildman–Crippen MR) is 105 cm³/mol. The third-order valence-corrected chi connectivity index (χ3v) is 4.27. The van der Waals surface area contributed by atoms with Crippen molar-refractivity contribution in [3.8, 4) is 5.75 Å². The van der Waals surface area contributed by atoms with Gasteiger partial charge in [0, 0.05) is 34.2 Å².